The lowest BCUT2D eigenvalue weighted by atomic mass is 9.91. The molecule has 0 aliphatic carbocycles. The standard InChI is InChI=1S/C14H24N2O3/c1-9(2)12-13(18)16(8-11(17)15-12)10-5-6-19-14(3,4)7-10/h9-10,12H,5-8H2,1-4H3,(H,15,17). The maximum Gasteiger partial charge on any atom is 0.246 e. The minimum absolute atomic E-state index is 0.0531. The highest BCUT2D eigenvalue weighted by atomic mass is 16.5. The predicted octanol–water partition coefficient (Wildman–Crippen LogP) is 0.927. The molecule has 0 aromatic heterocycles. The van der Waals surface area contributed by atoms with Gasteiger partial charge in [-0.1, -0.05) is 13.8 Å². The van der Waals surface area contributed by atoms with Crippen LogP contribution in [0.3, 0.4) is 0 Å². The number of rotatable bonds is 2. The van der Waals surface area contributed by atoms with E-state index in [0.29, 0.717) is 6.61 Å². The average molecular weight is 268 g/mol. The number of amides is 2. The first kappa shape index (κ1) is 14.3. The van der Waals surface area contributed by atoms with Crippen LogP contribution in [0.1, 0.15) is 40.5 Å². The Bertz CT molecular complexity index is 379. The number of ether oxygens (including phenoxy) is 1. The summed E-state index contributed by atoms with van der Waals surface area (Å²) in [6.07, 6.45) is 1.60. The molecule has 2 amide bonds. The van der Waals surface area contributed by atoms with Crippen molar-refractivity contribution >= 4 is 11.8 Å². The summed E-state index contributed by atoms with van der Waals surface area (Å²) in [5.74, 6) is 0.118. The number of piperazine rings is 1. The molecule has 2 aliphatic heterocycles. The van der Waals surface area contributed by atoms with Crippen LogP contribution in [0.2, 0.25) is 0 Å². The maximum absolute atomic E-state index is 12.5. The third-order valence-electron chi connectivity index (χ3n) is 3.96. The third kappa shape index (κ3) is 3.08. The number of carbonyl (C=O) groups excluding carboxylic acids is 2. The minimum atomic E-state index is -0.382. The van der Waals surface area contributed by atoms with Gasteiger partial charge in [0.15, 0.2) is 0 Å². The van der Waals surface area contributed by atoms with E-state index in [9.17, 15) is 9.59 Å². The predicted molar refractivity (Wildman–Crippen MR) is 71.5 cm³/mol. The molecule has 0 aromatic carbocycles. The van der Waals surface area contributed by atoms with Crippen LogP contribution < -0.4 is 5.32 Å². The van der Waals surface area contributed by atoms with Gasteiger partial charge in [-0.25, -0.2) is 0 Å². The molecular formula is C14H24N2O3. The van der Waals surface area contributed by atoms with E-state index in [1.807, 2.05) is 27.7 Å². The van der Waals surface area contributed by atoms with Gasteiger partial charge in [-0.2, -0.15) is 0 Å². The summed E-state index contributed by atoms with van der Waals surface area (Å²) >= 11 is 0. The van der Waals surface area contributed by atoms with Gasteiger partial charge in [0.2, 0.25) is 11.8 Å². The van der Waals surface area contributed by atoms with E-state index in [-0.39, 0.29) is 42.0 Å². The molecule has 0 saturated carbocycles. The van der Waals surface area contributed by atoms with Crippen molar-refractivity contribution < 1.29 is 14.3 Å². The second-order valence-corrected chi connectivity index (χ2v) is 6.51. The molecule has 2 atom stereocenters. The van der Waals surface area contributed by atoms with Gasteiger partial charge in [0, 0.05) is 12.6 Å². The average Bonchev–Trinajstić information content (AvgIpc) is 2.30. The molecule has 5 heteroatoms. The Morgan fingerprint density at radius 2 is 2.05 bits per heavy atom. The third-order valence-corrected chi connectivity index (χ3v) is 3.96. The van der Waals surface area contributed by atoms with Crippen molar-refractivity contribution in [3.63, 3.8) is 0 Å². The number of nitrogens with zero attached hydrogens (tertiary/aromatic N) is 1. The van der Waals surface area contributed by atoms with Crippen LogP contribution in [0, 0.1) is 5.92 Å². The highest BCUT2D eigenvalue weighted by Crippen LogP contribution is 2.28. The zero-order valence-electron chi connectivity index (χ0n) is 12.2. The summed E-state index contributed by atoms with van der Waals surface area (Å²) in [4.78, 5) is 26.1. The first-order chi connectivity index (χ1) is 8.80. The molecule has 0 spiro atoms. The Balaban J connectivity index is 2.13. The zero-order valence-corrected chi connectivity index (χ0v) is 12.2. The van der Waals surface area contributed by atoms with Gasteiger partial charge < -0.3 is 15.0 Å². The zero-order chi connectivity index (χ0) is 14.2. The lowest BCUT2D eigenvalue weighted by molar-refractivity contribution is -0.153. The van der Waals surface area contributed by atoms with E-state index >= 15 is 0 Å². The first-order valence-electron chi connectivity index (χ1n) is 7.04. The van der Waals surface area contributed by atoms with Crippen LogP contribution in [0.25, 0.3) is 0 Å². The topological polar surface area (TPSA) is 58.6 Å². The van der Waals surface area contributed by atoms with Gasteiger partial charge in [0.1, 0.15) is 6.04 Å². The van der Waals surface area contributed by atoms with Crippen molar-refractivity contribution in [2.75, 3.05) is 13.2 Å². The largest absolute Gasteiger partial charge is 0.375 e. The van der Waals surface area contributed by atoms with Crippen LogP contribution in [-0.4, -0.2) is 47.6 Å². The Morgan fingerprint density at radius 1 is 1.37 bits per heavy atom. The molecule has 19 heavy (non-hydrogen) atoms. The van der Waals surface area contributed by atoms with Crippen LogP contribution in [-0.2, 0) is 14.3 Å². The smallest absolute Gasteiger partial charge is 0.246 e. The van der Waals surface area contributed by atoms with E-state index in [2.05, 4.69) is 5.32 Å². The SMILES string of the molecule is CC(C)C1NC(=O)CN(C2CCOC(C)(C)C2)C1=O. The van der Waals surface area contributed by atoms with Crippen molar-refractivity contribution in [3.05, 3.63) is 0 Å². The van der Waals surface area contributed by atoms with Gasteiger partial charge >= 0.3 is 0 Å². The molecule has 0 aromatic rings. The maximum atomic E-state index is 12.5. The molecule has 2 heterocycles. The summed E-state index contributed by atoms with van der Waals surface area (Å²) in [7, 11) is 0. The number of hydrogen-bond acceptors (Lipinski definition) is 3. The summed E-state index contributed by atoms with van der Waals surface area (Å²) < 4.78 is 5.68. The van der Waals surface area contributed by atoms with Gasteiger partial charge in [-0.3, -0.25) is 9.59 Å². The lowest BCUT2D eigenvalue weighted by Crippen LogP contribution is -2.63. The highest BCUT2D eigenvalue weighted by molar-refractivity contribution is 5.95. The fourth-order valence-electron chi connectivity index (χ4n) is 2.92. The van der Waals surface area contributed by atoms with Gasteiger partial charge in [0.05, 0.1) is 12.1 Å². The lowest BCUT2D eigenvalue weighted by Gasteiger charge is -2.44. The molecule has 2 fully saturated rings. The minimum Gasteiger partial charge on any atom is -0.375 e. The molecule has 2 rings (SSSR count). The van der Waals surface area contributed by atoms with E-state index in [0.717, 1.165) is 12.8 Å². The Morgan fingerprint density at radius 3 is 2.63 bits per heavy atom. The Kier molecular flexibility index (Phi) is 3.85. The van der Waals surface area contributed by atoms with Crippen molar-refractivity contribution in [1.82, 2.24) is 10.2 Å². The van der Waals surface area contributed by atoms with E-state index in [4.69, 9.17) is 4.74 Å². The van der Waals surface area contributed by atoms with Crippen LogP contribution in [0.5, 0.6) is 0 Å². The normalized spacial score (nSPS) is 31.5. The summed E-state index contributed by atoms with van der Waals surface area (Å²) in [5.41, 5.74) is -0.218. The second-order valence-electron chi connectivity index (χ2n) is 6.51. The molecule has 1 N–H and O–H groups in total. The molecule has 2 aliphatic rings. The molecule has 5 nitrogen and oxygen atoms in total. The number of nitrogens with one attached hydrogen (secondary N) is 1. The van der Waals surface area contributed by atoms with E-state index < -0.39 is 0 Å². The van der Waals surface area contributed by atoms with Crippen molar-refractivity contribution in [1.29, 1.82) is 0 Å². The second kappa shape index (κ2) is 5.12. The highest BCUT2D eigenvalue weighted by Gasteiger charge is 2.41. The fourth-order valence-corrected chi connectivity index (χ4v) is 2.92. The molecule has 108 valence electrons. The number of hydrogen-bond donors (Lipinski definition) is 1. The van der Waals surface area contributed by atoms with Crippen LogP contribution >= 0.6 is 0 Å². The molecule has 0 bridgehead atoms. The molecule has 0 radical (unpaired) electrons. The molecule has 2 unspecified atom stereocenters. The van der Waals surface area contributed by atoms with Crippen molar-refractivity contribution in [2.24, 2.45) is 5.92 Å². The number of carbonyl (C=O) groups is 2. The van der Waals surface area contributed by atoms with Crippen molar-refractivity contribution in [2.45, 2.75) is 58.2 Å². The fraction of sp³-hybridized carbons (Fsp3) is 0.857. The summed E-state index contributed by atoms with van der Waals surface area (Å²) in [6, 6.07) is -0.268. The first-order valence-corrected chi connectivity index (χ1v) is 7.04. The van der Waals surface area contributed by atoms with Crippen LogP contribution in [0.15, 0.2) is 0 Å². The van der Waals surface area contributed by atoms with Crippen LogP contribution in [0.4, 0.5) is 0 Å². The van der Waals surface area contributed by atoms with Gasteiger partial charge in [-0.05, 0) is 32.6 Å². The van der Waals surface area contributed by atoms with Crippen molar-refractivity contribution in [3.8, 4) is 0 Å². The quantitative estimate of drug-likeness (QED) is 0.810. The van der Waals surface area contributed by atoms with E-state index in [1.54, 1.807) is 4.90 Å². The van der Waals surface area contributed by atoms with Gasteiger partial charge in [-0.15, -0.1) is 0 Å². The summed E-state index contributed by atoms with van der Waals surface area (Å²) in [6.45, 7) is 8.82. The van der Waals surface area contributed by atoms with E-state index in [1.165, 1.54) is 0 Å². The molecular weight excluding hydrogens is 244 g/mol. The Hall–Kier alpha value is -1.10. The Labute approximate surface area is 114 Å². The van der Waals surface area contributed by atoms with Gasteiger partial charge in [0.25, 0.3) is 0 Å². The summed E-state index contributed by atoms with van der Waals surface area (Å²) in [5, 5.41) is 2.79. The molecule has 2 saturated heterocycles. The monoisotopic (exact) mass is 268 g/mol.